The molecular weight excluding hydrogens is 314 g/mol. The standard InChI is InChI=1S/C13H18BrNO4/c1-4-18-13(16)8(2)19-12-10(14)5-9(7-15)6-11(12)17-3/h5-6,8H,4,7,15H2,1-3H3. The van der Waals surface area contributed by atoms with Gasteiger partial charge in [-0.25, -0.2) is 4.79 Å². The number of esters is 1. The van der Waals surface area contributed by atoms with E-state index in [-0.39, 0.29) is 0 Å². The Morgan fingerprint density at radius 3 is 2.68 bits per heavy atom. The number of halogens is 1. The van der Waals surface area contributed by atoms with Crippen molar-refractivity contribution in [3.05, 3.63) is 22.2 Å². The minimum absolute atomic E-state index is 0.316. The molecule has 1 aromatic rings. The topological polar surface area (TPSA) is 70.8 Å². The van der Waals surface area contributed by atoms with Gasteiger partial charge in [0.05, 0.1) is 18.2 Å². The summed E-state index contributed by atoms with van der Waals surface area (Å²) in [6.45, 7) is 4.08. The second-order valence-electron chi connectivity index (χ2n) is 3.83. The quantitative estimate of drug-likeness (QED) is 0.809. The molecular formula is C13H18BrNO4. The molecule has 1 unspecified atom stereocenters. The molecule has 0 saturated carbocycles. The number of ether oxygens (including phenoxy) is 3. The zero-order chi connectivity index (χ0) is 14.4. The first-order chi connectivity index (χ1) is 9.03. The number of methoxy groups -OCH3 is 1. The second-order valence-corrected chi connectivity index (χ2v) is 4.68. The largest absolute Gasteiger partial charge is 0.493 e. The van der Waals surface area contributed by atoms with E-state index in [4.69, 9.17) is 19.9 Å². The monoisotopic (exact) mass is 331 g/mol. The third-order valence-corrected chi connectivity index (χ3v) is 3.03. The van der Waals surface area contributed by atoms with Gasteiger partial charge in [0, 0.05) is 6.54 Å². The normalized spacial score (nSPS) is 11.8. The van der Waals surface area contributed by atoms with Crippen molar-refractivity contribution in [1.82, 2.24) is 0 Å². The molecule has 0 spiro atoms. The van der Waals surface area contributed by atoms with Crippen molar-refractivity contribution in [3.63, 3.8) is 0 Å². The van der Waals surface area contributed by atoms with E-state index in [0.29, 0.717) is 29.1 Å². The van der Waals surface area contributed by atoms with Crippen LogP contribution in [0.3, 0.4) is 0 Å². The maximum absolute atomic E-state index is 11.6. The van der Waals surface area contributed by atoms with Crippen LogP contribution in [0.2, 0.25) is 0 Å². The first kappa shape index (κ1) is 15.8. The molecule has 0 aliphatic carbocycles. The SMILES string of the molecule is CCOC(=O)C(C)Oc1c(Br)cc(CN)cc1OC. The number of hydrogen-bond acceptors (Lipinski definition) is 5. The number of hydrogen-bond donors (Lipinski definition) is 1. The van der Waals surface area contributed by atoms with Gasteiger partial charge in [0.1, 0.15) is 0 Å². The molecule has 106 valence electrons. The van der Waals surface area contributed by atoms with Crippen LogP contribution in [0.1, 0.15) is 19.4 Å². The van der Waals surface area contributed by atoms with Crippen molar-refractivity contribution in [2.45, 2.75) is 26.5 Å². The molecule has 5 nitrogen and oxygen atoms in total. The van der Waals surface area contributed by atoms with Gasteiger partial charge >= 0.3 is 5.97 Å². The minimum atomic E-state index is -0.714. The van der Waals surface area contributed by atoms with Gasteiger partial charge in [-0.05, 0) is 47.5 Å². The number of benzene rings is 1. The highest BCUT2D eigenvalue weighted by molar-refractivity contribution is 9.10. The fourth-order valence-electron chi connectivity index (χ4n) is 1.49. The van der Waals surface area contributed by atoms with Crippen molar-refractivity contribution >= 4 is 21.9 Å². The van der Waals surface area contributed by atoms with E-state index >= 15 is 0 Å². The van der Waals surface area contributed by atoms with Gasteiger partial charge in [-0.2, -0.15) is 0 Å². The molecule has 0 radical (unpaired) electrons. The molecule has 0 saturated heterocycles. The summed E-state index contributed by atoms with van der Waals surface area (Å²) in [4.78, 5) is 11.6. The van der Waals surface area contributed by atoms with E-state index in [0.717, 1.165) is 5.56 Å². The lowest BCUT2D eigenvalue weighted by Crippen LogP contribution is -2.26. The molecule has 0 bridgehead atoms. The van der Waals surface area contributed by atoms with Crippen LogP contribution in [0.5, 0.6) is 11.5 Å². The molecule has 2 N–H and O–H groups in total. The van der Waals surface area contributed by atoms with E-state index in [1.165, 1.54) is 7.11 Å². The summed E-state index contributed by atoms with van der Waals surface area (Å²) in [7, 11) is 1.53. The van der Waals surface area contributed by atoms with Crippen molar-refractivity contribution in [2.24, 2.45) is 5.73 Å². The smallest absolute Gasteiger partial charge is 0.347 e. The van der Waals surface area contributed by atoms with Gasteiger partial charge in [-0.15, -0.1) is 0 Å². The van der Waals surface area contributed by atoms with E-state index in [9.17, 15) is 4.79 Å². The van der Waals surface area contributed by atoms with Crippen LogP contribution in [0, 0.1) is 0 Å². The van der Waals surface area contributed by atoms with Gasteiger partial charge < -0.3 is 19.9 Å². The third-order valence-electron chi connectivity index (χ3n) is 2.44. The molecule has 0 aromatic heterocycles. The first-order valence-corrected chi connectivity index (χ1v) is 6.72. The van der Waals surface area contributed by atoms with Crippen molar-refractivity contribution in [3.8, 4) is 11.5 Å². The average molecular weight is 332 g/mol. The first-order valence-electron chi connectivity index (χ1n) is 5.93. The zero-order valence-electron chi connectivity index (χ0n) is 11.2. The van der Waals surface area contributed by atoms with Crippen molar-refractivity contribution < 1.29 is 19.0 Å². The van der Waals surface area contributed by atoms with Gasteiger partial charge in [-0.1, -0.05) is 0 Å². The molecule has 0 aliphatic heterocycles. The summed E-state index contributed by atoms with van der Waals surface area (Å²) >= 11 is 3.38. The van der Waals surface area contributed by atoms with Gasteiger partial charge in [0.15, 0.2) is 17.6 Å². The predicted octanol–water partition coefficient (Wildman–Crippen LogP) is 2.25. The van der Waals surface area contributed by atoms with Crippen LogP contribution in [0.25, 0.3) is 0 Å². The number of rotatable bonds is 6. The molecule has 6 heteroatoms. The molecule has 0 heterocycles. The van der Waals surface area contributed by atoms with E-state index < -0.39 is 12.1 Å². The second kappa shape index (κ2) is 7.35. The summed E-state index contributed by atoms with van der Waals surface area (Å²) in [5.74, 6) is 0.561. The molecule has 0 amide bonds. The molecule has 0 fully saturated rings. The van der Waals surface area contributed by atoms with Crippen LogP contribution in [-0.4, -0.2) is 25.8 Å². The summed E-state index contributed by atoms with van der Waals surface area (Å²) < 4.78 is 16.4. The van der Waals surface area contributed by atoms with Gasteiger partial charge in [0.25, 0.3) is 0 Å². The lowest BCUT2D eigenvalue weighted by molar-refractivity contribution is -0.150. The van der Waals surface area contributed by atoms with Crippen molar-refractivity contribution in [1.29, 1.82) is 0 Å². The number of carbonyl (C=O) groups excluding carboxylic acids is 1. The number of carbonyl (C=O) groups is 1. The molecule has 1 rings (SSSR count). The maximum Gasteiger partial charge on any atom is 0.347 e. The Labute approximate surface area is 121 Å². The minimum Gasteiger partial charge on any atom is -0.493 e. The predicted molar refractivity (Wildman–Crippen MR) is 75.3 cm³/mol. The van der Waals surface area contributed by atoms with Crippen LogP contribution >= 0.6 is 15.9 Å². The molecule has 1 aromatic carbocycles. The highest BCUT2D eigenvalue weighted by Crippen LogP contribution is 2.37. The Bertz CT molecular complexity index is 451. The fraction of sp³-hybridized carbons (Fsp3) is 0.462. The third kappa shape index (κ3) is 4.11. The zero-order valence-corrected chi connectivity index (χ0v) is 12.8. The van der Waals surface area contributed by atoms with Crippen LogP contribution in [-0.2, 0) is 16.1 Å². The average Bonchev–Trinajstić information content (AvgIpc) is 2.40. The van der Waals surface area contributed by atoms with Gasteiger partial charge in [0.2, 0.25) is 0 Å². The molecule has 19 heavy (non-hydrogen) atoms. The Morgan fingerprint density at radius 1 is 1.47 bits per heavy atom. The van der Waals surface area contributed by atoms with Crippen molar-refractivity contribution in [2.75, 3.05) is 13.7 Å². The summed E-state index contributed by atoms with van der Waals surface area (Å²) in [6.07, 6.45) is -0.714. The Morgan fingerprint density at radius 2 is 2.16 bits per heavy atom. The van der Waals surface area contributed by atoms with E-state index in [2.05, 4.69) is 15.9 Å². The van der Waals surface area contributed by atoms with Crippen LogP contribution in [0.15, 0.2) is 16.6 Å². The summed E-state index contributed by atoms with van der Waals surface area (Å²) in [6, 6.07) is 3.60. The van der Waals surface area contributed by atoms with Gasteiger partial charge in [-0.3, -0.25) is 0 Å². The Kier molecular flexibility index (Phi) is 6.11. The number of nitrogens with two attached hydrogens (primary N) is 1. The highest BCUT2D eigenvalue weighted by atomic mass is 79.9. The van der Waals surface area contributed by atoms with Crippen LogP contribution < -0.4 is 15.2 Å². The molecule has 1 atom stereocenters. The van der Waals surface area contributed by atoms with E-state index in [1.54, 1.807) is 19.9 Å². The fourth-order valence-corrected chi connectivity index (χ4v) is 2.07. The highest BCUT2D eigenvalue weighted by Gasteiger charge is 2.20. The van der Waals surface area contributed by atoms with E-state index in [1.807, 2.05) is 6.07 Å². The lowest BCUT2D eigenvalue weighted by atomic mass is 10.2. The summed E-state index contributed by atoms with van der Waals surface area (Å²) in [5, 5.41) is 0. The molecule has 0 aliphatic rings. The Hall–Kier alpha value is -1.27. The lowest BCUT2D eigenvalue weighted by Gasteiger charge is -2.17. The maximum atomic E-state index is 11.6. The van der Waals surface area contributed by atoms with Crippen LogP contribution in [0.4, 0.5) is 0 Å². The summed E-state index contributed by atoms with van der Waals surface area (Å²) in [5.41, 5.74) is 6.49. The Balaban J connectivity index is 2.97.